The predicted molar refractivity (Wildman–Crippen MR) is 115 cm³/mol. The zero-order chi connectivity index (χ0) is 20.1. The smallest absolute Gasteiger partial charge is 0.247 e. The number of aromatic nitrogens is 3. The summed E-state index contributed by atoms with van der Waals surface area (Å²) < 4.78 is 11.9. The van der Waals surface area contributed by atoms with Crippen molar-refractivity contribution in [3.8, 4) is 22.9 Å². The Morgan fingerprint density at radius 2 is 2.00 bits per heavy atom. The van der Waals surface area contributed by atoms with Crippen LogP contribution >= 0.6 is 11.8 Å². The molecule has 0 fully saturated rings. The van der Waals surface area contributed by atoms with Gasteiger partial charge in [0.15, 0.2) is 11.9 Å². The summed E-state index contributed by atoms with van der Waals surface area (Å²) in [4.78, 5) is 4.60. The molecule has 1 aliphatic rings. The molecule has 6 nitrogen and oxygen atoms in total. The van der Waals surface area contributed by atoms with Crippen LogP contribution in [0.5, 0.6) is 11.6 Å². The summed E-state index contributed by atoms with van der Waals surface area (Å²) in [5.41, 5.74) is 3.43. The fraction of sp³-hybridized carbons (Fsp3) is 0.227. The number of hydrogen-bond acceptors (Lipinski definition) is 7. The monoisotopic (exact) mass is 406 g/mol. The van der Waals surface area contributed by atoms with Crippen LogP contribution in [0.15, 0.2) is 66.3 Å². The van der Waals surface area contributed by atoms with E-state index in [1.54, 1.807) is 0 Å². The van der Waals surface area contributed by atoms with Crippen molar-refractivity contribution < 1.29 is 9.47 Å². The Hall–Kier alpha value is -3.06. The average Bonchev–Trinajstić information content (AvgIpc) is 2.93. The molecule has 29 heavy (non-hydrogen) atoms. The molecule has 2 aromatic carbocycles. The van der Waals surface area contributed by atoms with E-state index in [4.69, 9.17) is 9.47 Å². The van der Waals surface area contributed by atoms with Gasteiger partial charge >= 0.3 is 0 Å². The fourth-order valence-corrected chi connectivity index (χ4v) is 3.46. The number of nitrogens with zero attached hydrogens (tertiary/aromatic N) is 3. The highest BCUT2D eigenvalue weighted by Gasteiger charge is 2.26. The first-order valence-electron chi connectivity index (χ1n) is 9.52. The van der Waals surface area contributed by atoms with Gasteiger partial charge in [-0.2, -0.15) is 4.98 Å². The van der Waals surface area contributed by atoms with E-state index in [1.807, 2.05) is 54.6 Å². The third kappa shape index (κ3) is 4.35. The molecule has 0 saturated carbocycles. The van der Waals surface area contributed by atoms with Crippen LogP contribution in [0.2, 0.25) is 0 Å². The number of fused-ring (bicyclic) bond motifs is 3. The molecule has 2 heterocycles. The Labute approximate surface area is 174 Å². The Morgan fingerprint density at radius 3 is 2.79 bits per heavy atom. The number of nitrogens with one attached hydrogen (secondary N) is 1. The van der Waals surface area contributed by atoms with E-state index in [-0.39, 0.29) is 0 Å². The van der Waals surface area contributed by atoms with E-state index in [0.29, 0.717) is 29.1 Å². The third-order valence-electron chi connectivity index (χ3n) is 4.32. The lowest BCUT2D eigenvalue weighted by atomic mass is 10.1. The van der Waals surface area contributed by atoms with Gasteiger partial charge in [0.05, 0.1) is 6.61 Å². The average molecular weight is 407 g/mol. The number of para-hydroxylation sites is 1. The second-order valence-electron chi connectivity index (χ2n) is 6.45. The molecule has 0 bridgehead atoms. The van der Waals surface area contributed by atoms with E-state index < -0.39 is 6.23 Å². The zero-order valence-corrected chi connectivity index (χ0v) is 17.0. The molecule has 1 aliphatic heterocycles. The molecule has 7 heteroatoms. The van der Waals surface area contributed by atoms with Crippen LogP contribution in [-0.4, -0.2) is 27.5 Å². The summed E-state index contributed by atoms with van der Waals surface area (Å²) in [5.74, 6) is 2.01. The first-order chi connectivity index (χ1) is 14.3. The second kappa shape index (κ2) is 8.96. The summed E-state index contributed by atoms with van der Waals surface area (Å²) in [5, 5.41) is 12.6. The fourth-order valence-electron chi connectivity index (χ4n) is 2.95. The van der Waals surface area contributed by atoms with Crippen LogP contribution in [0.1, 0.15) is 25.1 Å². The molecule has 0 unspecified atom stereocenters. The van der Waals surface area contributed by atoms with Gasteiger partial charge in [-0.1, -0.05) is 43.0 Å². The van der Waals surface area contributed by atoms with Gasteiger partial charge in [0.25, 0.3) is 0 Å². The lowest BCUT2D eigenvalue weighted by molar-refractivity contribution is 0.225. The Balaban J connectivity index is 1.68. The van der Waals surface area contributed by atoms with Crippen molar-refractivity contribution in [2.24, 2.45) is 0 Å². The van der Waals surface area contributed by atoms with Gasteiger partial charge in [-0.25, -0.2) is 0 Å². The Kier molecular flexibility index (Phi) is 5.95. The molecule has 0 saturated heterocycles. The standard InChI is InChI=1S/C22H22N4O2S/c1-3-13-27-16-11-9-15(10-12-16)20-23-18-8-6-5-7-17(18)19-21(28-20)24-22(26-25-19)29-14-4-2/h4-12,20,23H,2-3,13-14H2,1H3/t20-/m0/s1. The molecule has 1 aromatic heterocycles. The van der Waals surface area contributed by atoms with Crippen molar-refractivity contribution in [1.29, 1.82) is 0 Å². The summed E-state index contributed by atoms with van der Waals surface area (Å²) in [6, 6.07) is 15.8. The molecule has 0 spiro atoms. The molecule has 1 N–H and O–H groups in total. The van der Waals surface area contributed by atoms with Crippen LogP contribution in [0.25, 0.3) is 11.3 Å². The van der Waals surface area contributed by atoms with Gasteiger partial charge < -0.3 is 14.8 Å². The molecule has 0 radical (unpaired) electrons. The van der Waals surface area contributed by atoms with Crippen LogP contribution in [-0.2, 0) is 0 Å². The maximum Gasteiger partial charge on any atom is 0.247 e. The van der Waals surface area contributed by atoms with Crippen LogP contribution in [0, 0.1) is 0 Å². The Bertz CT molecular complexity index is 994. The van der Waals surface area contributed by atoms with Crippen molar-refractivity contribution in [2.45, 2.75) is 24.7 Å². The van der Waals surface area contributed by atoms with Gasteiger partial charge in [0, 0.05) is 22.6 Å². The van der Waals surface area contributed by atoms with E-state index >= 15 is 0 Å². The lowest BCUT2D eigenvalue weighted by Crippen LogP contribution is -2.17. The minimum absolute atomic E-state index is 0.411. The van der Waals surface area contributed by atoms with Crippen molar-refractivity contribution >= 4 is 17.4 Å². The van der Waals surface area contributed by atoms with Crippen molar-refractivity contribution in [2.75, 3.05) is 17.7 Å². The molecule has 3 aromatic rings. The summed E-state index contributed by atoms with van der Waals surface area (Å²) in [6.45, 7) is 6.52. The highest BCUT2D eigenvalue weighted by atomic mass is 32.2. The number of anilines is 1. The lowest BCUT2D eigenvalue weighted by Gasteiger charge is -2.19. The van der Waals surface area contributed by atoms with E-state index in [0.717, 1.165) is 29.0 Å². The number of hydrogen-bond donors (Lipinski definition) is 1. The SMILES string of the molecule is C=CCSc1nnc2c(n1)O[C@@H](c1ccc(OCCC)cc1)Nc1ccccc1-2. The van der Waals surface area contributed by atoms with E-state index in [9.17, 15) is 0 Å². The van der Waals surface area contributed by atoms with Crippen molar-refractivity contribution in [3.05, 3.63) is 66.7 Å². The quantitative estimate of drug-likeness (QED) is 0.432. The van der Waals surface area contributed by atoms with E-state index in [2.05, 4.69) is 34.0 Å². The highest BCUT2D eigenvalue weighted by Crippen LogP contribution is 2.39. The zero-order valence-electron chi connectivity index (χ0n) is 16.2. The minimum Gasteiger partial charge on any atom is -0.494 e. The van der Waals surface area contributed by atoms with Crippen molar-refractivity contribution in [1.82, 2.24) is 15.2 Å². The second-order valence-corrected chi connectivity index (χ2v) is 7.44. The molecule has 1 atom stereocenters. The summed E-state index contributed by atoms with van der Waals surface area (Å²) >= 11 is 1.47. The first kappa shape index (κ1) is 19.3. The van der Waals surface area contributed by atoms with Crippen LogP contribution < -0.4 is 14.8 Å². The molecular weight excluding hydrogens is 384 g/mol. The minimum atomic E-state index is -0.411. The molecule has 4 rings (SSSR count). The number of rotatable bonds is 7. The maximum atomic E-state index is 6.26. The van der Waals surface area contributed by atoms with Gasteiger partial charge in [-0.15, -0.1) is 16.8 Å². The largest absolute Gasteiger partial charge is 0.494 e. The maximum absolute atomic E-state index is 6.26. The van der Waals surface area contributed by atoms with Gasteiger partial charge in [0.1, 0.15) is 5.75 Å². The topological polar surface area (TPSA) is 69.2 Å². The molecular formula is C22H22N4O2S. The molecule has 0 aliphatic carbocycles. The number of thioether (sulfide) groups is 1. The van der Waals surface area contributed by atoms with Crippen molar-refractivity contribution in [3.63, 3.8) is 0 Å². The predicted octanol–water partition coefficient (Wildman–Crippen LogP) is 5.11. The van der Waals surface area contributed by atoms with Gasteiger partial charge in [0.2, 0.25) is 11.0 Å². The van der Waals surface area contributed by atoms with Gasteiger partial charge in [-0.05, 0) is 36.8 Å². The van der Waals surface area contributed by atoms with Crippen LogP contribution in [0.3, 0.4) is 0 Å². The molecule has 0 amide bonds. The number of benzene rings is 2. The Morgan fingerprint density at radius 1 is 1.17 bits per heavy atom. The molecule has 148 valence electrons. The normalized spacial score (nSPS) is 14.6. The summed E-state index contributed by atoms with van der Waals surface area (Å²) in [6.07, 6.45) is 2.37. The third-order valence-corrected chi connectivity index (χ3v) is 5.15. The number of ether oxygens (including phenoxy) is 2. The first-order valence-corrected chi connectivity index (χ1v) is 10.5. The van der Waals surface area contributed by atoms with Crippen LogP contribution in [0.4, 0.5) is 5.69 Å². The highest BCUT2D eigenvalue weighted by molar-refractivity contribution is 7.99. The van der Waals surface area contributed by atoms with Gasteiger partial charge in [-0.3, -0.25) is 0 Å². The van der Waals surface area contributed by atoms with E-state index in [1.165, 1.54) is 11.8 Å². The summed E-state index contributed by atoms with van der Waals surface area (Å²) in [7, 11) is 0.